The largest absolute Gasteiger partial charge is 0.427 e. The molecule has 0 unspecified atom stereocenters. The van der Waals surface area contributed by atoms with Gasteiger partial charge in [-0.1, -0.05) is 12.2 Å². The summed E-state index contributed by atoms with van der Waals surface area (Å²) in [5, 5.41) is 0. The predicted octanol–water partition coefficient (Wildman–Crippen LogP) is 3.48. The highest BCUT2D eigenvalue weighted by Gasteiger charge is 2.19. The quantitative estimate of drug-likeness (QED) is 0.336. The molecule has 2 aromatic carbocycles. The van der Waals surface area contributed by atoms with Crippen LogP contribution in [0.3, 0.4) is 0 Å². The lowest BCUT2D eigenvalue weighted by Crippen LogP contribution is -2.10. The lowest BCUT2D eigenvalue weighted by Gasteiger charge is -2.14. The maximum atomic E-state index is 11.6. The molecule has 0 N–H and O–H groups in total. The van der Waals surface area contributed by atoms with Crippen molar-refractivity contribution in [3.8, 4) is 28.7 Å². The molecule has 0 aliphatic carbocycles. The van der Waals surface area contributed by atoms with Gasteiger partial charge >= 0.3 is 29.8 Å². The van der Waals surface area contributed by atoms with E-state index in [1.54, 1.807) is 12.2 Å². The first-order valence-electron chi connectivity index (χ1n) is 9.86. The molecule has 0 atom stereocenters. The van der Waals surface area contributed by atoms with Gasteiger partial charge in [-0.05, 0) is 35.4 Å². The number of hydrogen-bond donors (Lipinski definition) is 0. The van der Waals surface area contributed by atoms with E-state index in [0.717, 1.165) is 20.8 Å². The highest BCUT2D eigenvalue weighted by atomic mass is 16.6. The molecule has 0 amide bonds. The molecule has 0 spiro atoms. The van der Waals surface area contributed by atoms with Gasteiger partial charge < -0.3 is 23.7 Å². The molecule has 178 valence electrons. The van der Waals surface area contributed by atoms with Gasteiger partial charge in [0.1, 0.15) is 11.5 Å². The third-order valence-electron chi connectivity index (χ3n) is 3.69. The first kappa shape index (κ1) is 25.8. The first-order chi connectivity index (χ1) is 15.9. The van der Waals surface area contributed by atoms with E-state index in [1.807, 2.05) is 0 Å². The predicted molar refractivity (Wildman–Crippen MR) is 118 cm³/mol. The van der Waals surface area contributed by atoms with E-state index >= 15 is 0 Å². The van der Waals surface area contributed by atoms with Gasteiger partial charge in [0.2, 0.25) is 5.75 Å². The van der Waals surface area contributed by atoms with Crippen molar-refractivity contribution in [3.63, 3.8) is 0 Å². The third kappa shape index (κ3) is 8.23. The van der Waals surface area contributed by atoms with Crippen LogP contribution in [0.1, 0.15) is 45.7 Å². The van der Waals surface area contributed by atoms with Crippen LogP contribution in [0.25, 0.3) is 12.2 Å². The second-order valence-electron chi connectivity index (χ2n) is 6.89. The molecule has 0 aliphatic heterocycles. The van der Waals surface area contributed by atoms with E-state index in [-0.39, 0.29) is 28.7 Å². The maximum Gasteiger partial charge on any atom is 0.308 e. The molecule has 0 fully saturated rings. The van der Waals surface area contributed by atoms with Crippen molar-refractivity contribution in [2.24, 2.45) is 0 Å². The molecule has 0 radical (unpaired) electrons. The summed E-state index contributed by atoms with van der Waals surface area (Å²) in [6.07, 6.45) is 3.14. The molecule has 0 heterocycles. The van der Waals surface area contributed by atoms with Crippen LogP contribution >= 0.6 is 0 Å². The monoisotopic (exact) mass is 470 g/mol. The number of rotatable bonds is 7. The number of ether oxygens (including phenoxy) is 5. The van der Waals surface area contributed by atoms with E-state index in [9.17, 15) is 24.0 Å². The van der Waals surface area contributed by atoms with Crippen molar-refractivity contribution >= 4 is 42.0 Å². The smallest absolute Gasteiger partial charge is 0.308 e. The van der Waals surface area contributed by atoms with Gasteiger partial charge in [0.05, 0.1) is 0 Å². The number of carbonyl (C=O) groups excluding carboxylic acids is 5. The first-order valence-corrected chi connectivity index (χ1v) is 9.86. The van der Waals surface area contributed by atoms with Crippen LogP contribution in [0.5, 0.6) is 28.7 Å². The SMILES string of the molecule is CC(=O)Oc1cc(/C=C/c2cc(OC(C)=O)c(OC(C)=O)c(OC(C)=O)c2)cc(OC(C)=O)c1. The van der Waals surface area contributed by atoms with Crippen molar-refractivity contribution in [2.75, 3.05) is 0 Å². The Hall–Kier alpha value is -4.47. The summed E-state index contributed by atoms with van der Waals surface area (Å²) in [5.41, 5.74) is 0.887. The van der Waals surface area contributed by atoms with Gasteiger partial charge in [0, 0.05) is 40.7 Å². The molecule has 10 heteroatoms. The van der Waals surface area contributed by atoms with Crippen LogP contribution in [-0.4, -0.2) is 29.8 Å². The van der Waals surface area contributed by atoms with Crippen LogP contribution < -0.4 is 23.7 Å². The molecule has 0 saturated carbocycles. The number of hydrogen-bond acceptors (Lipinski definition) is 10. The number of esters is 5. The van der Waals surface area contributed by atoms with Crippen LogP contribution in [0.4, 0.5) is 0 Å². The second-order valence-corrected chi connectivity index (χ2v) is 6.89. The molecule has 34 heavy (non-hydrogen) atoms. The highest BCUT2D eigenvalue weighted by molar-refractivity contribution is 5.81. The summed E-state index contributed by atoms with van der Waals surface area (Å²) >= 11 is 0. The summed E-state index contributed by atoms with van der Waals surface area (Å²) in [5.74, 6) is -3.44. The topological polar surface area (TPSA) is 132 Å². The van der Waals surface area contributed by atoms with Crippen molar-refractivity contribution in [2.45, 2.75) is 34.6 Å². The Morgan fingerprint density at radius 2 is 0.853 bits per heavy atom. The Labute approximate surface area is 195 Å². The van der Waals surface area contributed by atoms with Gasteiger partial charge in [-0.15, -0.1) is 0 Å². The Bertz CT molecular complexity index is 1110. The zero-order valence-corrected chi connectivity index (χ0v) is 19.1. The average molecular weight is 470 g/mol. The third-order valence-corrected chi connectivity index (χ3v) is 3.69. The molecular formula is C24H22O10. The summed E-state index contributed by atoms with van der Waals surface area (Å²) in [6.45, 7) is 5.91. The minimum atomic E-state index is -0.717. The fourth-order valence-corrected chi connectivity index (χ4v) is 2.73. The lowest BCUT2D eigenvalue weighted by molar-refractivity contribution is -0.135. The normalized spacial score (nSPS) is 10.4. The molecule has 0 saturated heterocycles. The van der Waals surface area contributed by atoms with E-state index in [0.29, 0.717) is 11.1 Å². The molecule has 2 aromatic rings. The van der Waals surface area contributed by atoms with E-state index in [1.165, 1.54) is 44.2 Å². The van der Waals surface area contributed by atoms with Gasteiger partial charge in [0.25, 0.3) is 0 Å². The fraction of sp³-hybridized carbons (Fsp3) is 0.208. The number of benzene rings is 2. The van der Waals surface area contributed by atoms with Crippen molar-refractivity contribution in [1.29, 1.82) is 0 Å². The second kappa shape index (κ2) is 11.4. The van der Waals surface area contributed by atoms with Gasteiger partial charge in [-0.3, -0.25) is 24.0 Å². The van der Waals surface area contributed by atoms with Crippen LogP contribution in [0.15, 0.2) is 30.3 Å². The highest BCUT2D eigenvalue weighted by Crippen LogP contribution is 2.40. The Balaban J connectivity index is 2.56. The minimum absolute atomic E-state index is 0.143. The van der Waals surface area contributed by atoms with Crippen LogP contribution in [0, 0.1) is 0 Å². The average Bonchev–Trinajstić information content (AvgIpc) is 2.66. The van der Waals surface area contributed by atoms with E-state index < -0.39 is 29.8 Å². The van der Waals surface area contributed by atoms with Crippen molar-refractivity contribution < 1.29 is 47.7 Å². The molecule has 0 aliphatic rings. The maximum absolute atomic E-state index is 11.6. The van der Waals surface area contributed by atoms with Crippen LogP contribution in [-0.2, 0) is 24.0 Å². The molecule has 10 nitrogen and oxygen atoms in total. The summed E-state index contributed by atoms with van der Waals surface area (Å²) in [4.78, 5) is 57.3. The minimum Gasteiger partial charge on any atom is -0.427 e. The zero-order chi connectivity index (χ0) is 25.4. The van der Waals surface area contributed by atoms with Crippen LogP contribution in [0.2, 0.25) is 0 Å². The number of carbonyl (C=O) groups is 5. The fourth-order valence-electron chi connectivity index (χ4n) is 2.73. The summed E-state index contributed by atoms with van der Waals surface area (Å²) in [6, 6.07) is 7.22. The lowest BCUT2D eigenvalue weighted by atomic mass is 10.1. The van der Waals surface area contributed by atoms with Crippen molar-refractivity contribution in [1.82, 2.24) is 0 Å². The summed E-state index contributed by atoms with van der Waals surface area (Å²) in [7, 11) is 0. The summed E-state index contributed by atoms with van der Waals surface area (Å²) < 4.78 is 25.5. The Kier molecular flexibility index (Phi) is 8.66. The van der Waals surface area contributed by atoms with E-state index in [4.69, 9.17) is 23.7 Å². The van der Waals surface area contributed by atoms with E-state index in [2.05, 4.69) is 0 Å². The van der Waals surface area contributed by atoms with Gasteiger partial charge in [0.15, 0.2) is 11.5 Å². The zero-order valence-electron chi connectivity index (χ0n) is 19.1. The van der Waals surface area contributed by atoms with Gasteiger partial charge in [-0.2, -0.15) is 0 Å². The molecule has 0 aromatic heterocycles. The molecular weight excluding hydrogens is 448 g/mol. The standard InChI is InChI=1S/C24H22O10/c1-13(25)30-20-8-18(9-21(12-20)31-14(2)26)6-7-19-10-22(32-15(3)27)24(34-17(5)29)23(11-19)33-16(4)28/h6-12H,1-5H3/b7-6+. The van der Waals surface area contributed by atoms with Crippen molar-refractivity contribution in [3.05, 3.63) is 41.5 Å². The van der Waals surface area contributed by atoms with Gasteiger partial charge in [-0.25, -0.2) is 0 Å². The Morgan fingerprint density at radius 1 is 0.500 bits per heavy atom. The Morgan fingerprint density at radius 3 is 1.21 bits per heavy atom. The molecule has 0 bridgehead atoms. The molecule has 2 rings (SSSR count).